The van der Waals surface area contributed by atoms with Crippen molar-refractivity contribution in [1.29, 1.82) is 5.26 Å². The summed E-state index contributed by atoms with van der Waals surface area (Å²) in [5.41, 5.74) is 2.62. The molecule has 0 radical (unpaired) electrons. The highest BCUT2D eigenvalue weighted by atomic mass is 32.1. The first-order valence-corrected chi connectivity index (χ1v) is 14.5. The van der Waals surface area contributed by atoms with Crippen LogP contribution < -0.4 is 5.32 Å². The lowest BCUT2D eigenvalue weighted by molar-refractivity contribution is -0.140. The summed E-state index contributed by atoms with van der Waals surface area (Å²) in [6.45, 7) is 9.48. The van der Waals surface area contributed by atoms with E-state index >= 15 is 0 Å². The number of aryl methyl sites for hydroxylation is 1. The van der Waals surface area contributed by atoms with Gasteiger partial charge in [-0.2, -0.15) is 5.26 Å². The lowest BCUT2D eigenvalue weighted by atomic mass is 9.78. The number of thiazole rings is 1. The highest BCUT2D eigenvalue weighted by molar-refractivity contribution is 7.13. The van der Waals surface area contributed by atoms with Gasteiger partial charge in [0, 0.05) is 25.1 Å². The number of likely N-dealkylation sites (tertiary alicyclic amines) is 1. The molecule has 10 heteroatoms. The molecule has 3 amide bonds. The van der Waals surface area contributed by atoms with E-state index in [1.807, 2.05) is 64.4 Å². The van der Waals surface area contributed by atoms with Crippen LogP contribution in [0.3, 0.4) is 0 Å². The van der Waals surface area contributed by atoms with E-state index < -0.39 is 40.3 Å². The molecule has 5 rings (SSSR count). The fourth-order valence-electron chi connectivity index (χ4n) is 5.69. The summed E-state index contributed by atoms with van der Waals surface area (Å²) in [6, 6.07) is 8.52. The predicted octanol–water partition coefficient (Wildman–Crippen LogP) is 3.54. The molecule has 1 saturated carbocycles. The number of nitrogens with zero attached hydrogens (tertiary/aromatic N) is 4. The van der Waals surface area contributed by atoms with E-state index in [1.54, 1.807) is 16.2 Å². The smallest absolute Gasteiger partial charge is 0.256 e. The third-order valence-electron chi connectivity index (χ3n) is 8.52. The molecule has 2 aliphatic heterocycles. The van der Waals surface area contributed by atoms with Crippen LogP contribution in [0.25, 0.3) is 10.4 Å². The van der Waals surface area contributed by atoms with Gasteiger partial charge < -0.3 is 15.3 Å². The SMILES string of the molecule is Cc1ncsc1-c1ccc([C@]2(C)CC(C3C[C@@H](O)CN3C(=O)[C@@H](NC(=O)C3(C#N)CC3)C(C)(C)C)=NC2=O)cc1. The Hall–Kier alpha value is -3.42. The molecule has 210 valence electrons. The minimum atomic E-state index is -1.06. The Balaban J connectivity index is 1.37. The van der Waals surface area contributed by atoms with Crippen LogP contribution in [0.5, 0.6) is 0 Å². The number of carbonyl (C=O) groups is 3. The van der Waals surface area contributed by atoms with Gasteiger partial charge in [0.15, 0.2) is 0 Å². The van der Waals surface area contributed by atoms with Crippen molar-refractivity contribution >= 4 is 34.8 Å². The van der Waals surface area contributed by atoms with Gasteiger partial charge in [-0.05, 0) is 43.2 Å². The molecule has 0 spiro atoms. The van der Waals surface area contributed by atoms with E-state index in [0.29, 0.717) is 25.0 Å². The molecule has 0 bridgehead atoms. The van der Waals surface area contributed by atoms with Crippen molar-refractivity contribution in [2.24, 2.45) is 15.8 Å². The molecule has 9 nitrogen and oxygen atoms in total. The van der Waals surface area contributed by atoms with Crippen LogP contribution in [0.2, 0.25) is 0 Å². The van der Waals surface area contributed by atoms with Crippen LogP contribution in [0.15, 0.2) is 34.8 Å². The standard InChI is InChI=1S/C30H35N5O4S/c1-17-23(40-16-32-17)18-6-8-19(9-7-18)29(5)13-21(33-26(29)38)22-12-20(36)14-35(22)25(37)24(28(2,3)4)34-27(39)30(15-31)10-11-30/h6-9,16,20,22,24,36H,10-14H2,1-5H3,(H,34,39)/t20-,22?,24-,29+/m1/s1. The Morgan fingerprint density at radius 1 is 1.25 bits per heavy atom. The zero-order valence-corrected chi connectivity index (χ0v) is 24.3. The van der Waals surface area contributed by atoms with Crippen molar-refractivity contribution in [2.75, 3.05) is 6.54 Å². The largest absolute Gasteiger partial charge is 0.391 e. The average Bonchev–Trinajstić information content (AvgIpc) is 3.28. The number of rotatable bonds is 6. The molecule has 3 heterocycles. The second-order valence-electron chi connectivity index (χ2n) is 12.6. The van der Waals surface area contributed by atoms with Gasteiger partial charge in [-0.1, -0.05) is 45.0 Å². The molecule has 2 aromatic rings. The van der Waals surface area contributed by atoms with Gasteiger partial charge in [0.1, 0.15) is 11.5 Å². The summed E-state index contributed by atoms with van der Waals surface area (Å²) in [4.78, 5) is 51.6. The third kappa shape index (κ3) is 4.86. The number of aliphatic hydroxyl groups excluding tert-OH is 1. The summed E-state index contributed by atoms with van der Waals surface area (Å²) in [5.74, 6) is -1.05. The van der Waals surface area contributed by atoms with Gasteiger partial charge in [0.25, 0.3) is 5.91 Å². The minimum Gasteiger partial charge on any atom is -0.391 e. The summed E-state index contributed by atoms with van der Waals surface area (Å²) in [7, 11) is 0. The van der Waals surface area contributed by atoms with Gasteiger partial charge in [0.05, 0.1) is 39.7 Å². The van der Waals surface area contributed by atoms with Gasteiger partial charge >= 0.3 is 0 Å². The van der Waals surface area contributed by atoms with E-state index in [4.69, 9.17) is 0 Å². The molecular weight excluding hydrogens is 526 g/mol. The second-order valence-corrected chi connectivity index (χ2v) is 13.5. The topological polar surface area (TPSA) is 136 Å². The number of nitriles is 1. The Bertz CT molecular complexity index is 1430. The maximum Gasteiger partial charge on any atom is 0.256 e. The Kier molecular flexibility index (Phi) is 6.95. The maximum absolute atomic E-state index is 13.9. The fraction of sp³-hybridized carbons (Fsp3) is 0.533. The zero-order chi connectivity index (χ0) is 29.0. The number of aliphatic hydroxyl groups is 1. The number of β-amino-alcohol motifs (C(OH)–C–C–N with tert-alkyl or cyclic N) is 1. The second kappa shape index (κ2) is 9.89. The molecule has 1 aliphatic carbocycles. The van der Waals surface area contributed by atoms with E-state index in [1.165, 1.54) is 0 Å². The van der Waals surface area contributed by atoms with Crippen LogP contribution >= 0.6 is 11.3 Å². The lowest BCUT2D eigenvalue weighted by Crippen LogP contribution is -2.57. The first kappa shape index (κ1) is 28.1. The molecule has 40 heavy (non-hydrogen) atoms. The van der Waals surface area contributed by atoms with Gasteiger partial charge in [-0.15, -0.1) is 11.3 Å². The molecule has 2 fully saturated rings. The van der Waals surface area contributed by atoms with Crippen molar-refractivity contribution in [2.45, 2.75) is 83.9 Å². The third-order valence-corrected chi connectivity index (χ3v) is 9.49. The maximum atomic E-state index is 13.9. The molecule has 1 unspecified atom stereocenters. The Labute approximate surface area is 238 Å². The number of hydrogen-bond donors (Lipinski definition) is 2. The number of aliphatic imine (C=N–C) groups is 1. The number of hydrogen-bond acceptors (Lipinski definition) is 7. The number of amides is 3. The van der Waals surface area contributed by atoms with Crippen molar-refractivity contribution in [3.8, 4) is 16.5 Å². The molecule has 3 aliphatic rings. The molecule has 2 N–H and O–H groups in total. The number of aromatic nitrogens is 1. The Morgan fingerprint density at radius 2 is 1.93 bits per heavy atom. The highest BCUT2D eigenvalue weighted by Gasteiger charge is 2.54. The summed E-state index contributed by atoms with van der Waals surface area (Å²) >= 11 is 1.57. The first-order chi connectivity index (χ1) is 18.8. The lowest BCUT2D eigenvalue weighted by Gasteiger charge is -2.36. The Morgan fingerprint density at radius 3 is 2.48 bits per heavy atom. The number of nitrogens with one attached hydrogen (secondary N) is 1. The summed E-state index contributed by atoms with van der Waals surface area (Å²) < 4.78 is 0. The number of carbonyl (C=O) groups excluding carboxylic acids is 3. The summed E-state index contributed by atoms with van der Waals surface area (Å²) in [6.07, 6.45) is 0.785. The van der Waals surface area contributed by atoms with E-state index in [9.17, 15) is 24.8 Å². The van der Waals surface area contributed by atoms with E-state index in [0.717, 1.165) is 21.7 Å². The van der Waals surface area contributed by atoms with Crippen molar-refractivity contribution in [3.05, 3.63) is 41.0 Å². The van der Waals surface area contributed by atoms with Crippen LogP contribution in [0.1, 0.15) is 64.6 Å². The normalized spacial score (nSPS) is 26.3. The molecule has 4 atom stereocenters. The van der Waals surface area contributed by atoms with Crippen LogP contribution in [-0.2, 0) is 19.8 Å². The quantitative estimate of drug-likeness (QED) is 0.554. The van der Waals surface area contributed by atoms with Crippen LogP contribution in [-0.4, -0.2) is 63.2 Å². The van der Waals surface area contributed by atoms with Gasteiger partial charge in [0.2, 0.25) is 11.8 Å². The predicted molar refractivity (Wildman–Crippen MR) is 151 cm³/mol. The minimum absolute atomic E-state index is 0.0855. The van der Waals surface area contributed by atoms with Crippen molar-refractivity contribution in [1.82, 2.24) is 15.2 Å². The van der Waals surface area contributed by atoms with Crippen LogP contribution in [0, 0.1) is 29.1 Å². The number of benzene rings is 1. The van der Waals surface area contributed by atoms with E-state index in [2.05, 4.69) is 21.4 Å². The molecular formula is C30H35N5O4S. The van der Waals surface area contributed by atoms with Crippen LogP contribution in [0.4, 0.5) is 0 Å². The zero-order valence-electron chi connectivity index (χ0n) is 23.5. The highest BCUT2D eigenvalue weighted by Crippen LogP contribution is 2.45. The monoisotopic (exact) mass is 561 g/mol. The van der Waals surface area contributed by atoms with Gasteiger partial charge in [-0.3, -0.25) is 14.4 Å². The van der Waals surface area contributed by atoms with E-state index in [-0.39, 0.29) is 24.8 Å². The van der Waals surface area contributed by atoms with Crippen molar-refractivity contribution < 1.29 is 19.5 Å². The first-order valence-electron chi connectivity index (χ1n) is 13.6. The van der Waals surface area contributed by atoms with Gasteiger partial charge in [-0.25, -0.2) is 9.98 Å². The fourth-order valence-corrected chi connectivity index (χ4v) is 6.50. The van der Waals surface area contributed by atoms with Crippen molar-refractivity contribution in [3.63, 3.8) is 0 Å². The summed E-state index contributed by atoms with van der Waals surface area (Å²) in [5, 5.41) is 22.9. The molecule has 1 aromatic heterocycles. The average molecular weight is 562 g/mol. The molecule has 1 saturated heterocycles. The molecule has 1 aromatic carbocycles.